The van der Waals surface area contributed by atoms with E-state index in [1.807, 2.05) is 61.5 Å². The lowest BCUT2D eigenvalue weighted by Crippen LogP contribution is -2.45. The highest BCUT2D eigenvalue weighted by molar-refractivity contribution is 6.11. The van der Waals surface area contributed by atoms with Crippen molar-refractivity contribution in [1.82, 2.24) is 10.2 Å². The van der Waals surface area contributed by atoms with E-state index in [2.05, 4.69) is 5.32 Å². The Morgan fingerprint density at radius 1 is 1.07 bits per heavy atom. The molecule has 0 saturated carbocycles. The Morgan fingerprint density at radius 3 is 2.55 bits per heavy atom. The van der Waals surface area contributed by atoms with E-state index in [0.29, 0.717) is 13.0 Å². The highest BCUT2D eigenvalue weighted by atomic mass is 16.2. The van der Waals surface area contributed by atoms with E-state index < -0.39 is 11.6 Å². The van der Waals surface area contributed by atoms with Gasteiger partial charge in [0, 0.05) is 12.2 Å². The third-order valence-electron chi connectivity index (χ3n) is 5.83. The molecule has 2 heterocycles. The monoisotopic (exact) mass is 391 g/mol. The highest BCUT2D eigenvalue weighted by Crippen LogP contribution is 2.34. The number of hydrogen-bond donors (Lipinski definition) is 1. The summed E-state index contributed by atoms with van der Waals surface area (Å²) in [6.07, 6.45) is 2.99. The minimum Gasteiger partial charge on any atom is -0.319 e. The molecule has 2 aromatic carbocycles. The van der Waals surface area contributed by atoms with Gasteiger partial charge in [-0.3, -0.25) is 14.5 Å². The number of imide groups is 1. The Morgan fingerprint density at radius 2 is 1.79 bits per heavy atom. The molecule has 1 N–H and O–H groups in total. The topological polar surface area (TPSA) is 69.7 Å². The van der Waals surface area contributed by atoms with Gasteiger partial charge in [-0.1, -0.05) is 68.3 Å². The molecule has 0 aromatic heterocycles. The van der Waals surface area contributed by atoms with Gasteiger partial charge in [-0.05, 0) is 30.0 Å². The first-order chi connectivity index (χ1) is 14.1. The molecule has 1 atom stereocenters. The van der Waals surface area contributed by atoms with Crippen LogP contribution in [0, 0.1) is 0 Å². The zero-order valence-electron chi connectivity index (χ0n) is 16.6. The molecule has 150 valence electrons. The highest BCUT2D eigenvalue weighted by Gasteiger charge is 2.52. The summed E-state index contributed by atoms with van der Waals surface area (Å²) in [5, 5.41) is 2.90. The van der Waals surface area contributed by atoms with Gasteiger partial charge in [0.2, 0.25) is 5.91 Å². The SMILES string of the molecule is CCCCC1(c2ccccc2)NC(=O)N(CC(=O)N2CCc3ccccc32)C1=O. The van der Waals surface area contributed by atoms with Crippen LogP contribution in [0.15, 0.2) is 54.6 Å². The average molecular weight is 391 g/mol. The molecule has 6 heteroatoms. The number of hydrogen-bond acceptors (Lipinski definition) is 3. The maximum absolute atomic E-state index is 13.4. The van der Waals surface area contributed by atoms with Crippen LogP contribution in [0.25, 0.3) is 0 Å². The quantitative estimate of drug-likeness (QED) is 0.769. The summed E-state index contributed by atoms with van der Waals surface area (Å²) in [5.41, 5.74) is 1.63. The number of para-hydroxylation sites is 1. The van der Waals surface area contributed by atoms with Crippen molar-refractivity contribution in [3.8, 4) is 0 Å². The number of amides is 4. The normalized spacial score (nSPS) is 20.7. The van der Waals surface area contributed by atoms with E-state index >= 15 is 0 Å². The van der Waals surface area contributed by atoms with E-state index in [9.17, 15) is 14.4 Å². The van der Waals surface area contributed by atoms with Gasteiger partial charge in [-0.15, -0.1) is 0 Å². The van der Waals surface area contributed by atoms with Gasteiger partial charge < -0.3 is 10.2 Å². The number of fused-ring (bicyclic) bond motifs is 1. The molecule has 2 aliphatic heterocycles. The van der Waals surface area contributed by atoms with Gasteiger partial charge in [0.05, 0.1) is 0 Å². The number of nitrogens with one attached hydrogen (secondary N) is 1. The first kappa shape index (κ1) is 19.2. The lowest BCUT2D eigenvalue weighted by atomic mass is 9.85. The van der Waals surface area contributed by atoms with Gasteiger partial charge >= 0.3 is 6.03 Å². The maximum atomic E-state index is 13.4. The lowest BCUT2D eigenvalue weighted by molar-refractivity contribution is -0.134. The second-order valence-electron chi connectivity index (χ2n) is 7.62. The second kappa shape index (κ2) is 7.70. The maximum Gasteiger partial charge on any atom is 0.325 e. The Balaban J connectivity index is 1.58. The fraction of sp³-hybridized carbons (Fsp3) is 0.348. The summed E-state index contributed by atoms with van der Waals surface area (Å²) >= 11 is 0. The third kappa shape index (κ3) is 3.28. The van der Waals surface area contributed by atoms with Crippen molar-refractivity contribution in [2.24, 2.45) is 0 Å². The van der Waals surface area contributed by atoms with Gasteiger partial charge in [-0.25, -0.2) is 4.79 Å². The van der Waals surface area contributed by atoms with Crippen LogP contribution in [0.2, 0.25) is 0 Å². The van der Waals surface area contributed by atoms with Crippen LogP contribution in [0.1, 0.15) is 37.3 Å². The Hall–Kier alpha value is -3.15. The smallest absolute Gasteiger partial charge is 0.319 e. The molecule has 1 unspecified atom stereocenters. The summed E-state index contributed by atoms with van der Waals surface area (Å²) in [5.74, 6) is -0.583. The second-order valence-corrected chi connectivity index (χ2v) is 7.62. The first-order valence-corrected chi connectivity index (χ1v) is 10.1. The Bertz CT molecular complexity index is 943. The van der Waals surface area contributed by atoms with Gasteiger partial charge in [-0.2, -0.15) is 0 Å². The van der Waals surface area contributed by atoms with E-state index in [-0.39, 0.29) is 18.4 Å². The van der Waals surface area contributed by atoms with Crippen LogP contribution in [-0.4, -0.2) is 35.8 Å². The minimum absolute atomic E-state index is 0.238. The average Bonchev–Trinajstić information content (AvgIpc) is 3.28. The number of urea groups is 1. The molecule has 6 nitrogen and oxygen atoms in total. The van der Waals surface area contributed by atoms with E-state index in [4.69, 9.17) is 0 Å². The summed E-state index contributed by atoms with van der Waals surface area (Å²) < 4.78 is 0. The molecule has 4 amide bonds. The zero-order chi connectivity index (χ0) is 20.4. The molecule has 2 aromatic rings. The number of unbranched alkanes of at least 4 members (excludes halogenated alkanes) is 1. The van der Waals surface area contributed by atoms with Crippen LogP contribution in [0.5, 0.6) is 0 Å². The number of benzene rings is 2. The number of carbonyl (C=O) groups is 3. The minimum atomic E-state index is -1.10. The molecule has 0 radical (unpaired) electrons. The fourth-order valence-electron chi connectivity index (χ4n) is 4.26. The molecule has 1 fully saturated rings. The van der Waals surface area contributed by atoms with Crippen LogP contribution in [0.4, 0.5) is 10.5 Å². The zero-order valence-corrected chi connectivity index (χ0v) is 16.6. The number of rotatable bonds is 6. The van der Waals surface area contributed by atoms with Crippen molar-refractivity contribution in [2.45, 2.75) is 38.1 Å². The summed E-state index contributed by atoms with van der Waals surface area (Å²) in [6.45, 7) is 2.37. The predicted molar refractivity (Wildman–Crippen MR) is 110 cm³/mol. The van der Waals surface area contributed by atoms with Crippen LogP contribution in [-0.2, 0) is 21.5 Å². The molecule has 0 aliphatic carbocycles. The van der Waals surface area contributed by atoms with E-state index in [1.54, 1.807) is 4.90 Å². The predicted octanol–water partition coefficient (Wildman–Crippen LogP) is 3.21. The van der Waals surface area contributed by atoms with Crippen LogP contribution >= 0.6 is 0 Å². The largest absolute Gasteiger partial charge is 0.325 e. The summed E-state index contributed by atoms with van der Waals surface area (Å²) in [4.78, 5) is 41.9. The van der Waals surface area contributed by atoms with E-state index in [1.165, 1.54) is 0 Å². The molecular formula is C23H25N3O3. The molecule has 0 spiro atoms. The molecule has 0 bridgehead atoms. The van der Waals surface area contributed by atoms with Gasteiger partial charge in [0.1, 0.15) is 12.1 Å². The van der Waals surface area contributed by atoms with Crippen LogP contribution in [0.3, 0.4) is 0 Å². The Labute approximate surface area is 170 Å². The summed E-state index contributed by atoms with van der Waals surface area (Å²) in [6, 6.07) is 16.6. The molecule has 1 saturated heterocycles. The van der Waals surface area contributed by atoms with Crippen molar-refractivity contribution in [1.29, 1.82) is 0 Å². The lowest BCUT2D eigenvalue weighted by Gasteiger charge is -2.27. The third-order valence-corrected chi connectivity index (χ3v) is 5.83. The van der Waals surface area contributed by atoms with Gasteiger partial charge in [0.25, 0.3) is 5.91 Å². The first-order valence-electron chi connectivity index (χ1n) is 10.1. The molecule has 2 aliphatic rings. The van der Waals surface area contributed by atoms with Gasteiger partial charge in [0.15, 0.2) is 0 Å². The molecular weight excluding hydrogens is 366 g/mol. The summed E-state index contributed by atoms with van der Waals surface area (Å²) in [7, 11) is 0. The Kier molecular flexibility index (Phi) is 5.09. The van der Waals surface area contributed by atoms with E-state index in [0.717, 1.165) is 41.0 Å². The van der Waals surface area contributed by atoms with Crippen molar-refractivity contribution in [3.05, 3.63) is 65.7 Å². The van der Waals surface area contributed by atoms with Crippen molar-refractivity contribution in [2.75, 3.05) is 18.0 Å². The van der Waals surface area contributed by atoms with Crippen molar-refractivity contribution in [3.63, 3.8) is 0 Å². The number of carbonyl (C=O) groups excluding carboxylic acids is 3. The standard InChI is InChI=1S/C23H25N3O3/c1-2-3-14-23(18-10-5-4-6-11-18)21(28)26(22(29)24-23)16-20(27)25-15-13-17-9-7-8-12-19(17)25/h4-12H,2-3,13-16H2,1H3,(H,24,29). The molecule has 4 rings (SSSR count). The van der Waals surface area contributed by atoms with Crippen molar-refractivity contribution < 1.29 is 14.4 Å². The number of nitrogens with zero attached hydrogens (tertiary/aromatic N) is 2. The number of anilines is 1. The molecule has 29 heavy (non-hydrogen) atoms. The fourth-order valence-corrected chi connectivity index (χ4v) is 4.26. The van der Waals surface area contributed by atoms with Crippen molar-refractivity contribution >= 4 is 23.5 Å². The van der Waals surface area contributed by atoms with Crippen LogP contribution < -0.4 is 10.2 Å².